The lowest BCUT2D eigenvalue weighted by Gasteiger charge is -2.36. The van der Waals surface area contributed by atoms with Gasteiger partial charge < -0.3 is 9.88 Å². The van der Waals surface area contributed by atoms with E-state index in [0.717, 1.165) is 37.3 Å². The molecule has 0 aliphatic carbocycles. The Morgan fingerprint density at radius 3 is 2.94 bits per heavy atom. The molecule has 0 saturated carbocycles. The Morgan fingerprint density at radius 2 is 2.24 bits per heavy atom. The van der Waals surface area contributed by atoms with Gasteiger partial charge in [-0.1, -0.05) is 0 Å². The molecule has 0 atom stereocenters. The fraction of sp³-hybridized carbons (Fsp3) is 0.500. The molecule has 3 heterocycles. The minimum Gasteiger partial charge on any atom is -0.325 e. The highest BCUT2D eigenvalue weighted by atomic mass is 32.1. The second kappa shape index (κ2) is 4.23. The van der Waals surface area contributed by atoms with E-state index in [2.05, 4.69) is 37.7 Å². The molecule has 1 aliphatic rings. The summed E-state index contributed by atoms with van der Waals surface area (Å²) in [5.41, 5.74) is 1.30. The van der Waals surface area contributed by atoms with Crippen molar-refractivity contribution in [2.75, 3.05) is 13.1 Å². The normalized spacial score (nSPS) is 19.4. The first-order valence-corrected chi connectivity index (χ1v) is 6.78. The quantitative estimate of drug-likeness (QED) is 0.885. The van der Waals surface area contributed by atoms with Crippen LogP contribution in [0, 0.1) is 0 Å². The predicted molar refractivity (Wildman–Crippen MR) is 69.1 cm³/mol. The Kier molecular flexibility index (Phi) is 2.72. The van der Waals surface area contributed by atoms with Gasteiger partial charge in [0.1, 0.15) is 5.82 Å². The van der Waals surface area contributed by atoms with Gasteiger partial charge in [-0.15, -0.1) is 0 Å². The molecular weight excluding hydrogens is 232 g/mol. The molecule has 5 heteroatoms. The van der Waals surface area contributed by atoms with E-state index in [0.29, 0.717) is 0 Å². The Morgan fingerprint density at radius 1 is 1.41 bits per heavy atom. The van der Waals surface area contributed by atoms with Gasteiger partial charge in [-0.05, 0) is 44.4 Å². The van der Waals surface area contributed by atoms with Crippen molar-refractivity contribution in [1.82, 2.24) is 19.2 Å². The minimum atomic E-state index is 0.180. The molecule has 1 aliphatic heterocycles. The number of piperidine rings is 1. The van der Waals surface area contributed by atoms with E-state index < -0.39 is 0 Å². The molecule has 4 nitrogen and oxygen atoms in total. The van der Waals surface area contributed by atoms with E-state index in [9.17, 15) is 0 Å². The minimum absolute atomic E-state index is 0.180. The molecule has 2 aromatic heterocycles. The first-order chi connectivity index (χ1) is 8.30. The number of hydrogen-bond acceptors (Lipinski definition) is 4. The summed E-state index contributed by atoms with van der Waals surface area (Å²) < 4.78 is 6.48. The van der Waals surface area contributed by atoms with Gasteiger partial charge in [0.15, 0.2) is 0 Å². The van der Waals surface area contributed by atoms with Crippen molar-refractivity contribution in [2.45, 2.75) is 25.3 Å². The Labute approximate surface area is 105 Å². The number of nitrogens with zero attached hydrogens (tertiary/aromatic N) is 3. The molecule has 0 radical (unpaired) electrons. The van der Waals surface area contributed by atoms with Crippen molar-refractivity contribution >= 4 is 11.5 Å². The van der Waals surface area contributed by atoms with Crippen LogP contribution < -0.4 is 5.32 Å². The highest BCUT2D eigenvalue weighted by molar-refractivity contribution is 7.03. The van der Waals surface area contributed by atoms with Gasteiger partial charge >= 0.3 is 0 Å². The number of imidazole rings is 1. The van der Waals surface area contributed by atoms with Crippen LogP contribution in [0.15, 0.2) is 24.0 Å². The monoisotopic (exact) mass is 248 g/mol. The zero-order chi connectivity index (χ0) is 11.7. The summed E-state index contributed by atoms with van der Waals surface area (Å²) in [6.45, 7) is 4.48. The number of nitrogens with one attached hydrogen (secondary N) is 1. The van der Waals surface area contributed by atoms with Crippen molar-refractivity contribution in [1.29, 1.82) is 0 Å². The van der Waals surface area contributed by atoms with E-state index in [1.165, 1.54) is 11.5 Å². The average Bonchev–Trinajstić information content (AvgIpc) is 3.01. The Hall–Kier alpha value is -1.20. The third-order valence-electron chi connectivity index (χ3n) is 3.59. The average molecular weight is 248 g/mol. The van der Waals surface area contributed by atoms with Crippen molar-refractivity contribution in [3.05, 3.63) is 24.0 Å². The van der Waals surface area contributed by atoms with E-state index in [1.54, 1.807) is 0 Å². The fourth-order valence-corrected chi connectivity index (χ4v) is 2.99. The highest BCUT2D eigenvalue weighted by Gasteiger charge is 2.30. The third kappa shape index (κ3) is 1.89. The molecule has 1 N–H and O–H groups in total. The smallest absolute Gasteiger partial charge is 0.142 e. The number of rotatable bonds is 2. The summed E-state index contributed by atoms with van der Waals surface area (Å²) in [6, 6.07) is 0. The zero-order valence-electron chi connectivity index (χ0n) is 9.89. The van der Waals surface area contributed by atoms with E-state index in [-0.39, 0.29) is 5.54 Å². The summed E-state index contributed by atoms with van der Waals surface area (Å²) in [7, 11) is 0. The first-order valence-electron chi connectivity index (χ1n) is 5.94. The van der Waals surface area contributed by atoms with Crippen LogP contribution in [0.25, 0.3) is 11.4 Å². The van der Waals surface area contributed by atoms with Gasteiger partial charge in [-0.2, -0.15) is 0 Å². The lowest BCUT2D eigenvalue weighted by atomic mass is 9.90. The summed E-state index contributed by atoms with van der Waals surface area (Å²) >= 11 is 1.48. The van der Waals surface area contributed by atoms with Crippen molar-refractivity contribution < 1.29 is 0 Å². The molecule has 1 fully saturated rings. The molecular formula is C12H16N4S. The van der Waals surface area contributed by atoms with Crippen LogP contribution in [0.3, 0.4) is 0 Å². The lowest BCUT2D eigenvalue weighted by molar-refractivity contribution is 0.233. The molecule has 0 unspecified atom stereocenters. The summed E-state index contributed by atoms with van der Waals surface area (Å²) in [5, 5.41) is 5.47. The molecule has 2 aromatic rings. The van der Waals surface area contributed by atoms with Crippen molar-refractivity contribution in [3.63, 3.8) is 0 Å². The zero-order valence-corrected chi connectivity index (χ0v) is 10.7. The van der Waals surface area contributed by atoms with Crippen LogP contribution in [-0.4, -0.2) is 27.0 Å². The fourth-order valence-electron chi connectivity index (χ4n) is 2.47. The van der Waals surface area contributed by atoms with E-state index in [4.69, 9.17) is 0 Å². The molecule has 90 valence electrons. The standard InChI is InChI=1S/C12H16N4S/c1-12(2-4-13-5-3-12)16-7-6-14-11(16)10-8-15-17-9-10/h6-9,13H,2-5H2,1H3. The van der Waals surface area contributed by atoms with E-state index in [1.807, 2.05) is 12.4 Å². The highest BCUT2D eigenvalue weighted by Crippen LogP contribution is 2.31. The molecule has 0 bridgehead atoms. The van der Waals surface area contributed by atoms with Crippen LogP contribution in [0.4, 0.5) is 0 Å². The maximum atomic E-state index is 4.49. The second-order valence-corrected chi connectivity index (χ2v) is 5.44. The van der Waals surface area contributed by atoms with Gasteiger partial charge in [0.05, 0.1) is 6.20 Å². The first kappa shape index (κ1) is 10.9. The van der Waals surface area contributed by atoms with Gasteiger partial charge in [0, 0.05) is 28.9 Å². The molecule has 3 rings (SSSR count). The van der Waals surface area contributed by atoms with Crippen molar-refractivity contribution in [2.24, 2.45) is 0 Å². The van der Waals surface area contributed by atoms with Crippen LogP contribution in [0.2, 0.25) is 0 Å². The van der Waals surface area contributed by atoms with Gasteiger partial charge in [-0.25, -0.2) is 9.36 Å². The van der Waals surface area contributed by atoms with Gasteiger partial charge in [0.2, 0.25) is 0 Å². The van der Waals surface area contributed by atoms with Gasteiger partial charge in [-0.3, -0.25) is 0 Å². The van der Waals surface area contributed by atoms with E-state index >= 15 is 0 Å². The van der Waals surface area contributed by atoms with Gasteiger partial charge in [0.25, 0.3) is 0 Å². The maximum Gasteiger partial charge on any atom is 0.142 e. The van der Waals surface area contributed by atoms with Crippen LogP contribution >= 0.6 is 11.5 Å². The Balaban J connectivity index is 2.01. The topological polar surface area (TPSA) is 42.7 Å². The summed E-state index contributed by atoms with van der Waals surface area (Å²) in [5.74, 6) is 1.04. The van der Waals surface area contributed by atoms with Crippen LogP contribution in [-0.2, 0) is 5.54 Å². The Bertz CT molecular complexity index is 482. The number of hydrogen-bond donors (Lipinski definition) is 1. The maximum absolute atomic E-state index is 4.49. The lowest BCUT2D eigenvalue weighted by Crippen LogP contribution is -2.41. The molecule has 17 heavy (non-hydrogen) atoms. The molecule has 1 saturated heterocycles. The molecule has 0 aromatic carbocycles. The van der Waals surface area contributed by atoms with Crippen molar-refractivity contribution in [3.8, 4) is 11.4 Å². The molecule has 0 spiro atoms. The second-order valence-electron chi connectivity index (χ2n) is 4.78. The largest absolute Gasteiger partial charge is 0.325 e. The molecule has 0 amide bonds. The third-order valence-corrected chi connectivity index (χ3v) is 4.18. The van der Waals surface area contributed by atoms with Crippen LogP contribution in [0.1, 0.15) is 19.8 Å². The van der Waals surface area contributed by atoms with Crippen LogP contribution in [0.5, 0.6) is 0 Å². The predicted octanol–water partition coefficient (Wildman–Crippen LogP) is 2.11. The summed E-state index contributed by atoms with van der Waals surface area (Å²) in [4.78, 5) is 4.49. The summed E-state index contributed by atoms with van der Waals surface area (Å²) in [6.07, 6.45) is 8.17. The number of aromatic nitrogens is 3. The SMILES string of the molecule is CC1(n2ccnc2-c2cnsc2)CCNCC1.